The van der Waals surface area contributed by atoms with E-state index in [0.717, 1.165) is 38.3 Å². The van der Waals surface area contributed by atoms with Gasteiger partial charge in [-0.25, -0.2) is 0 Å². The van der Waals surface area contributed by atoms with Crippen LogP contribution in [0.25, 0.3) is 0 Å². The molecule has 2 fully saturated rings. The van der Waals surface area contributed by atoms with E-state index >= 15 is 0 Å². The summed E-state index contributed by atoms with van der Waals surface area (Å²) < 4.78 is 11.4. The molecule has 3 unspecified atom stereocenters. The summed E-state index contributed by atoms with van der Waals surface area (Å²) in [6.45, 7) is 3.26. The third kappa shape index (κ3) is 3.74. The zero-order valence-corrected chi connectivity index (χ0v) is 13.7. The van der Waals surface area contributed by atoms with Gasteiger partial charge in [0.05, 0.1) is 19.3 Å². The van der Waals surface area contributed by atoms with Crippen molar-refractivity contribution in [2.45, 2.75) is 38.0 Å². The highest BCUT2D eigenvalue weighted by molar-refractivity contribution is 5.92. The van der Waals surface area contributed by atoms with Gasteiger partial charge in [-0.05, 0) is 30.5 Å². The van der Waals surface area contributed by atoms with Crippen LogP contribution in [0.2, 0.25) is 0 Å². The van der Waals surface area contributed by atoms with Crippen molar-refractivity contribution in [1.29, 1.82) is 0 Å². The first kappa shape index (κ1) is 16.4. The predicted molar refractivity (Wildman–Crippen MR) is 88.1 cm³/mol. The Morgan fingerprint density at radius 2 is 2.30 bits per heavy atom. The molecular weight excluding hydrogens is 292 g/mol. The lowest BCUT2D eigenvalue weighted by Gasteiger charge is -2.40. The highest BCUT2D eigenvalue weighted by Gasteiger charge is 2.38. The molecule has 1 aliphatic carbocycles. The largest absolute Gasteiger partial charge is 0.381 e. The summed E-state index contributed by atoms with van der Waals surface area (Å²) >= 11 is 0. The Labute approximate surface area is 137 Å². The number of primary amides is 1. The van der Waals surface area contributed by atoms with Gasteiger partial charge in [-0.3, -0.25) is 9.69 Å². The third-order valence-electron chi connectivity index (χ3n) is 5.18. The van der Waals surface area contributed by atoms with Gasteiger partial charge >= 0.3 is 0 Å². The fraction of sp³-hybridized carbons (Fsp3) is 0.611. The van der Waals surface area contributed by atoms with E-state index in [0.29, 0.717) is 23.6 Å². The van der Waals surface area contributed by atoms with Gasteiger partial charge in [0.25, 0.3) is 0 Å². The Morgan fingerprint density at radius 3 is 3.09 bits per heavy atom. The molecule has 1 saturated carbocycles. The Balaban J connectivity index is 1.74. The average molecular weight is 318 g/mol. The topological polar surface area (TPSA) is 64.8 Å². The molecule has 1 aromatic rings. The van der Waals surface area contributed by atoms with Crippen molar-refractivity contribution in [2.24, 2.45) is 11.7 Å². The van der Waals surface area contributed by atoms with Crippen molar-refractivity contribution >= 4 is 5.91 Å². The minimum Gasteiger partial charge on any atom is -0.381 e. The zero-order valence-electron chi connectivity index (χ0n) is 13.7. The first-order valence-electron chi connectivity index (χ1n) is 8.42. The second-order valence-electron chi connectivity index (χ2n) is 6.55. The SMILES string of the molecule is COC1CCCC1C1COCCN1Cc1cccc(C(N)=O)c1. The van der Waals surface area contributed by atoms with Crippen LogP contribution >= 0.6 is 0 Å². The van der Waals surface area contributed by atoms with Crippen LogP contribution in [0.1, 0.15) is 35.2 Å². The van der Waals surface area contributed by atoms with Crippen molar-refractivity contribution in [2.75, 3.05) is 26.9 Å². The summed E-state index contributed by atoms with van der Waals surface area (Å²) in [5, 5.41) is 0. The van der Waals surface area contributed by atoms with Crippen LogP contribution in [0.5, 0.6) is 0 Å². The van der Waals surface area contributed by atoms with Crippen molar-refractivity contribution in [3.8, 4) is 0 Å². The maximum atomic E-state index is 11.4. The van der Waals surface area contributed by atoms with E-state index < -0.39 is 0 Å². The minimum atomic E-state index is -0.374. The molecule has 1 aromatic carbocycles. The molecule has 0 bridgehead atoms. The monoisotopic (exact) mass is 318 g/mol. The molecule has 0 radical (unpaired) electrons. The van der Waals surface area contributed by atoms with Gasteiger partial charge in [-0.1, -0.05) is 18.6 Å². The van der Waals surface area contributed by atoms with Gasteiger partial charge < -0.3 is 15.2 Å². The average Bonchev–Trinajstić information content (AvgIpc) is 3.04. The Hall–Kier alpha value is -1.43. The lowest BCUT2D eigenvalue weighted by molar-refractivity contribution is -0.0608. The number of ether oxygens (including phenoxy) is 2. The fourth-order valence-electron chi connectivity index (χ4n) is 3.99. The summed E-state index contributed by atoms with van der Waals surface area (Å²) in [6.07, 6.45) is 3.90. The third-order valence-corrected chi connectivity index (χ3v) is 5.18. The minimum absolute atomic E-state index is 0.334. The van der Waals surface area contributed by atoms with Crippen LogP contribution in [0.3, 0.4) is 0 Å². The summed E-state index contributed by atoms with van der Waals surface area (Å²) in [6, 6.07) is 8.01. The molecule has 23 heavy (non-hydrogen) atoms. The molecule has 1 saturated heterocycles. The van der Waals surface area contributed by atoms with E-state index in [9.17, 15) is 4.79 Å². The van der Waals surface area contributed by atoms with Crippen LogP contribution in [-0.2, 0) is 16.0 Å². The van der Waals surface area contributed by atoms with Crippen LogP contribution in [0, 0.1) is 5.92 Å². The van der Waals surface area contributed by atoms with Crippen LogP contribution in [-0.4, -0.2) is 49.8 Å². The number of amides is 1. The van der Waals surface area contributed by atoms with Crippen LogP contribution < -0.4 is 5.73 Å². The molecule has 2 N–H and O–H groups in total. The highest BCUT2D eigenvalue weighted by atomic mass is 16.5. The number of methoxy groups -OCH3 is 1. The van der Waals surface area contributed by atoms with E-state index in [2.05, 4.69) is 11.0 Å². The smallest absolute Gasteiger partial charge is 0.248 e. The van der Waals surface area contributed by atoms with Crippen LogP contribution in [0.4, 0.5) is 0 Å². The predicted octanol–water partition coefficient (Wildman–Crippen LogP) is 1.80. The lowest BCUT2D eigenvalue weighted by Crippen LogP contribution is -2.50. The Bertz CT molecular complexity index is 549. The number of nitrogens with two attached hydrogens (primary N) is 1. The van der Waals surface area contributed by atoms with Crippen LogP contribution in [0.15, 0.2) is 24.3 Å². The van der Waals surface area contributed by atoms with E-state index in [-0.39, 0.29) is 5.91 Å². The highest BCUT2D eigenvalue weighted by Crippen LogP contribution is 2.34. The summed E-state index contributed by atoms with van der Waals surface area (Å²) in [4.78, 5) is 13.9. The normalized spacial score (nSPS) is 28.8. The standard InChI is InChI=1S/C18H26N2O3/c1-22-17-7-3-6-15(17)16-12-23-9-8-20(16)11-13-4-2-5-14(10-13)18(19)21/h2,4-5,10,15-17H,3,6-9,11-12H2,1H3,(H2,19,21). The second-order valence-corrected chi connectivity index (χ2v) is 6.55. The summed E-state index contributed by atoms with van der Waals surface area (Å²) in [5.74, 6) is 0.153. The number of morpholine rings is 1. The fourth-order valence-corrected chi connectivity index (χ4v) is 3.99. The molecule has 3 atom stereocenters. The number of hydrogen-bond donors (Lipinski definition) is 1. The Morgan fingerprint density at radius 1 is 1.43 bits per heavy atom. The van der Waals surface area contributed by atoms with Crippen molar-refractivity contribution in [1.82, 2.24) is 4.90 Å². The molecule has 126 valence electrons. The number of hydrogen-bond acceptors (Lipinski definition) is 4. The molecule has 0 spiro atoms. The Kier molecular flexibility index (Phi) is 5.30. The van der Waals surface area contributed by atoms with Gasteiger partial charge in [0, 0.05) is 37.7 Å². The van der Waals surface area contributed by atoms with E-state index in [4.69, 9.17) is 15.2 Å². The molecule has 5 heteroatoms. The number of rotatable bonds is 5. The molecule has 5 nitrogen and oxygen atoms in total. The van der Waals surface area contributed by atoms with Gasteiger partial charge in [-0.2, -0.15) is 0 Å². The van der Waals surface area contributed by atoms with Crippen molar-refractivity contribution in [3.63, 3.8) is 0 Å². The van der Waals surface area contributed by atoms with E-state index in [1.807, 2.05) is 19.2 Å². The maximum absolute atomic E-state index is 11.4. The molecule has 1 aliphatic heterocycles. The number of nitrogens with zero attached hydrogens (tertiary/aromatic N) is 1. The van der Waals surface area contributed by atoms with Gasteiger partial charge in [0.15, 0.2) is 0 Å². The number of benzene rings is 1. The molecule has 1 heterocycles. The maximum Gasteiger partial charge on any atom is 0.248 e. The lowest BCUT2D eigenvalue weighted by atomic mass is 9.93. The summed E-state index contributed by atoms with van der Waals surface area (Å²) in [7, 11) is 1.81. The molecule has 0 aromatic heterocycles. The van der Waals surface area contributed by atoms with E-state index in [1.54, 1.807) is 6.07 Å². The van der Waals surface area contributed by atoms with E-state index in [1.165, 1.54) is 12.8 Å². The molecule has 1 amide bonds. The molecule has 2 aliphatic rings. The number of carbonyl (C=O) groups excluding carboxylic acids is 1. The second kappa shape index (κ2) is 7.43. The van der Waals surface area contributed by atoms with Gasteiger partial charge in [0.1, 0.15) is 0 Å². The number of carbonyl (C=O) groups is 1. The summed E-state index contributed by atoms with van der Waals surface area (Å²) in [5.41, 5.74) is 7.09. The molecular formula is C18H26N2O3. The first-order chi connectivity index (χ1) is 11.2. The quantitative estimate of drug-likeness (QED) is 0.899. The van der Waals surface area contributed by atoms with Gasteiger partial charge in [0.2, 0.25) is 5.91 Å². The van der Waals surface area contributed by atoms with Gasteiger partial charge in [-0.15, -0.1) is 0 Å². The van der Waals surface area contributed by atoms with Crippen molar-refractivity contribution in [3.05, 3.63) is 35.4 Å². The molecule has 3 rings (SSSR count). The van der Waals surface area contributed by atoms with Crippen molar-refractivity contribution < 1.29 is 14.3 Å². The first-order valence-corrected chi connectivity index (χ1v) is 8.42. The zero-order chi connectivity index (χ0) is 16.2.